The van der Waals surface area contributed by atoms with Gasteiger partial charge in [0.15, 0.2) is 0 Å². The highest BCUT2D eigenvalue weighted by Gasteiger charge is 2.22. The van der Waals surface area contributed by atoms with Crippen LogP contribution in [0.3, 0.4) is 0 Å². The number of hydrogen-bond acceptors (Lipinski definition) is 3. The number of rotatable bonds is 5. The van der Waals surface area contributed by atoms with E-state index in [0.29, 0.717) is 22.3 Å². The van der Waals surface area contributed by atoms with Gasteiger partial charge < -0.3 is 4.57 Å². The van der Waals surface area contributed by atoms with Gasteiger partial charge >= 0.3 is 0 Å². The number of halogens is 4. The van der Waals surface area contributed by atoms with Crippen molar-refractivity contribution in [1.29, 1.82) is 5.26 Å². The zero-order valence-electron chi connectivity index (χ0n) is 15.4. The number of aromatic nitrogens is 2. The zero-order valence-corrected chi connectivity index (χ0v) is 16.2. The molecule has 0 saturated carbocycles. The van der Waals surface area contributed by atoms with Crippen LogP contribution in [0, 0.1) is 33.9 Å². The fraction of sp³-hybridized carbons (Fsp3) is 0.0909. The number of para-hydroxylation sites is 1. The van der Waals surface area contributed by atoms with Crippen LogP contribution in [0.25, 0.3) is 22.4 Å². The number of nitrogens with zero attached hydrogens (tertiary/aromatic N) is 3. The van der Waals surface area contributed by atoms with Crippen LogP contribution >= 0.6 is 11.8 Å². The number of thioether (sulfide) groups is 1. The molecule has 0 fully saturated rings. The SMILES string of the molecule is N#CSCc1cccc2c1nc(-c1c(F)cccc1F)n2Cc1c(F)cccc1F. The Morgan fingerprint density at radius 1 is 0.867 bits per heavy atom. The predicted octanol–water partition coefficient (Wildman–Crippen LogP) is 6.02. The number of imidazole rings is 1. The summed E-state index contributed by atoms with van der Waals surface area (Å²) in [4.78, 5) is 4.43. The van der Waals surface area contributed by atoms with E-state index in [0.717, 1.165) is 36.0 Å². The highest BCUT2D eigenvalue weighted by Crippen LogP contribution is 2.32. The molecular formula is C22H13F4N3S. The molecule has 0 aliphatic carbocycles. The van der Waals surface area contributed by atoms with E-state index in [9.17, 15) is 17.6 Å². The molecule has 150 valence electrons. The van der Waals surface area contributed by atoms with Gasteiger partial charge in [-0.05, 0) is 47.7 Å². The number of fused-ring (bicyclic) bond motifs is 1. The highest BCUT2D eigenvalue weighted by atomic mass is 32.2. The van der Waals surface area contributed by atoms with Crippen LogP contribution in [-0.2, 0) is 12.3 Å². The van der Waals surface area contributed by atoms with Gasteiger partial charge in [-0.2, -0.15) is 5.26 Å². The summed E-state index contributed by atoms with van der Waals surface area (Å²) < 4.78 is 59.1. The van der Waals surface area contributed by atoms with E-state index in [1.165, 1.54) is 16.7 Å². The van der Waals surface area contributed by atoms with Crippen LogP contribution in [0.15, 0.2) is 54.6 Å². The molecular weight excluding hydrogens is 414 g/mol. The first kappa shape index (κ1) is 20.0. The second-order valence-electron chi connectivity index (χ2n) is 6.48. The topological polar surface area (TPSA) is 41.6 Å². The van der Waals surface area contributed by atoms with Gasteiger partial charge in [0.2, 0.25) is 0 Å². The van der Waals surface area contributed by atoms with Crippen LogP contribution in [-0.4, -0.2) is 9.55 Å². The maximum absolute atomic E-state index is 14.6. The first-order valence-corrected chi connectivity index (χ1v) is 9.86. The van der Waals surface area contributed by atoms with Gasteiger partial charge in [-0.15, -0.1) is 0 Å². The molecule has 0 saturated heterocycles. The number of hydrogen-bond donors (Lipinski definition) is 0. The molecule has 4 rings (SSSR count). The molecule has 1 heterocycles. The van der Waals surface area contributed by atoms with Crippen molar-refractivity contribution in [2.75, 3.05) is 0 Å². The van der Waals surface area contributed by atoms with Gasteiger partial charge in [0.25, 0.3) is 0 Å². The lowest BCUT2D eigenvalue weighted by Gasteiger charge is -2.12. The van der Waals surface area contributed by atoms with E-state index in [4.69, 9.17) is 5.26 Å². The van der Waals surface area contributed by atoms with Gasteiger partial charge in [0.05, 0.1) is 23.1 Å². The van der Waals surface area contributed by atoms with Gasteiger partial charge in [-0.3, -0.25) is 0 Å². The minimum Gasteiger partial charge on any atom is -0.319 e. The molecule has 3 nitrogen and oxygen atoms in total. The Hall–Kier alpha value is -3.31. The predicted molar refractivity (Wildman–Crippen MR) is 107 cm³/mol. The smallest absolute Gasteiger partial charge is 0.147 e. The third-order valence-corrected chi connectivity index (χ3v) is 5.30. The number of benzene rings is 3. The third kappa shape index (κ3) is 3.53. The Morgan fingerprint density at radius 2 is 1.47 bits per heavy atom. The fourth-order valence-electron chi connectivity index (χ4n) is 3.34. The summed E-state index contributed by atoms with van der Waals surface area (Å²) in [6.45, 7) is -0.313. The molecule has 0 spiro atoms. The zero-order chi connectivity index (χ0) is 21.3. The quantitative estimate of drug-likeness (QED) is 0.289. The summed E-state index contributed by atoms with van der Waals surface area (Å²) in [6, 6.07) is 12.0. The van der Waals surface area contributed by atoms with E-state index >= 15 is 0 Å². The summed E-state index contributed by atoms with van der Waals surface area (Å²) in [5.41, 5.74) is 0.904. The first-order valence-electron chi connectivity index (χ1n) is 8.87. The average Bonchev–Trinajstić information content (AvgIpc) is 3.08. The Balaban J connectivity index is 2.00. The van der Waals surface area contributed by atoms with E-state index in [1.807, 2.05) is 5.40 Å². The van der Waals surface area contributed by atoms with Crippen molar-refractivity contribution in [3.05, 3.63) is 89.0 Å². The summed E-state index contributed by atoms with van der Waals surface area (Å²) in [6.07, 6.45) is 0. The fourth-order valence-corrected chi connectivity index (χ4v) is 3.79. The van der Waals surface area contributed by atoms with Gasteiger partial charge in [0.1, 0.15) is 34.5 Å². The standard InChI is InChI=1S/C22H13F4N3S/c23-15-5-2-6-16(24)14(15)10-29-19-9-1-4-13(11-30-12-27)21(19)28-22(29)20-17(25)7-3-8-18(20)26/h1-9H,10-11H2. The monoisotopic (exact) mass is 427 g/mol. The lowest BCUT2D eigenvalue weighted by atomic mass is 10.1. The minimum atomic E-state index is -0.839. The first-order chi connectivity index (χ1) is 14.5. The molecule has 0 N–H and O–H groups in total. The summed E-state index contributed by atoms with van der Waals surface area (Å²) in [7, 11) is 0. The molecule has 0 bridgehead atoms. The minimum absolute atomic E-state index is 0.0855. The van der Waals surface area contributed by atoms with Crippen LogP contribution in [0.4, 0.5) is 17.6 Å². The molecule has 3 aromatic carbocycles. The van der Waals surface area contributed by atoms with Gasteiger partial charge in [-0.25, -0.2) is 22.5 Å². The van der Waals surface area contributed by atoms with Crippen molar-refractivity contribution < 1.29 is 17.6 Å². The Kier molecular flexibility index (Phi) is 5.46. The molecule has 4 aromatic rings. The Morgan fingerprint density at radius 3 is 2.10 bits per heavy atom. The summed E-state index contributed by atoms with van der Waals surface area (Å²) >= 11 is 0.990. The maximum atomic E-state index is 14.6. The average molecular weight is 427 g/mol. The Bertz CT molecular complexity index is 1250. The van der Waals surface area contributed by atoms with Crippen molar-refractivity contribution in [1.82, 2.24) is 9.55 Å². The molecule has 0 unspecified atom stereocenters. The molecule has 1 aromatic heterocycles. The Labute approximate surface area is 173 Å². The van der Waals surface area contributed by atoms with Crippen LogP contribution in [0.2, 0.25) is 0 Å². The summed E-state index contributed by atoms with van der Waals surface area (Å²) in [5.74, 6) is -3.00. The van der Waals surface area contributed by atoms with Crippen LogP contribution in [0.5, 0.6) is 0 Å². The molecule has 0 amide bonds. The van der Waals surface area contributed by atoms with Gasteiger partial charge in [0, 0.05) is 11.3 Å². The van der Waals surface area contributed by atoms with E-state index in [-0.39, 0.29) is 23.5 Å². The van der Waals surface area contributed by atoms with Crippen molar-refractivity contribution in [3.63, 3.8) is 0 Å². The second-order valence-corrected chi connectivity index (χ2v) is 7.24. The molecule has 0 radical (unpaired) electrons. The maximum Gasteiger partial charge on any atom is 0.147 e. The van der Waals surface area contributed by atoms with Crippen molar-refractivity contribution in [2.45, 2.75) is 12.3 Å². The largest absolute Gasteiger partial charge is 0.319 e. The number of nitriles is 1. The van der Waals surface area contributed by atoms with Crippen molar-refractivity contribution in [2.24, 2.45) is 0 Å². The second kappa shape index (κ2) is 8.20. The lowest BCUT2D eigenvalue weighted by molar-refractivity contribution is 0.546. The molecule has 8 heteroatoms. The normalized spacial score (nSPS) is 11.0. The van der Waals surface area contributed by atoms with E-state index < -0.39 is 23.3 Å². The van der Waals surface area contributed by atoms with Crippen LogP contribution in [0.1, 0.15) is 11.1 Å². The highest BCUT2D eigenvalue weighted by molar-refractivity contribution is 8.02. The van der Waals surface area contributed by atoms with Gasteiger partial charge in [-0.1, -0.05) is 24.3 Å². The lowest BCUT2D eigenvalue weighted by Crippen LogP contribution is -2.08. The van der Waals surface area contributed by atoms with Crippen LogP contribution < -0.4 is 0 Å². The third-order valence-electron chi connectivity index (χ3n) is 4.72. The van der Waals surface area contributed by atoms with E-state index in [1.54, 1.807) is 18.2 Å². The van der Waals surface area contributed by atoms with Crippen molar-refractivity contribution in [3.8, 4) is 16.8 Å². The molecule has 0 aliphatic rings. The number of thiocyanates is 1. The summed E-state index contributed by atoms with van der Waals surface area (Å²) in [5, 5.41) is 10.8. The molecule has 0 aliphatic heterocycles. The molecule has 30 heavy (non-hydrogen) atoms. The van der Waals surface area contributed by atoms with E-state index in [2.05, 4.69) is 4.98 Å². The van der Waals surface area contributed by atoms with Crippen molar-refractivity contribution >= 4 is 22.8 Å². The molecule has 0 atom stereocenters.